The smallest absolute Gasteiger partial charge is 0.304 e. The van der Waals surface area contributed by atoms with Gasteiger partial charge in [0.2, 0.25) is 0 Å². The minimum atomic E-state index is -2.54. The predicted molar refractivity (Wildman–Crippen MR) is 64.4 cm³/mol. The third kappa shape index (κ3) is 3.49. The van der Waals surface area contributed by atoms with Crippen molar-refractivity contribution in [2.45, 2.75) is 32.1 Å². The van der Waals surface area contributed by atoms with E-state index in [4.69, 9.17) is 5.11 Å². The molecule has 0 aliphatic carbocycles. The summed E-state index contributed by atoms with van der Waals surface area (Å²) in [5.74, 6) is -0.913. The summed E-state index contributed by atoms with van der Waals surface area (Å²) in [5.41, 5.74) is 0.0469. The number of hydrogen-bond donors (Lipinski definition) is 1. The molecule has 0 aliphatic heterocycles. The zero-order chi connectivity index (χ0) is 13.2. The van der Waals surface area contributed by atoms with E-state index in [1.54, 1.807) is 26.0 Å². The number of carboxylic acid groups (broad SMARTS) is 1. The molecule has 0 heterocycles. The fourth-order valence-corrected chi connectivity index (χ4v) is 2.16. The summed E-state index contributed by atoms with van der Waals surface area (Å²) in [5, 5.41) is 8.79. The van der Waals surface area contributed by atoms with Crippen LogP contribution in [-0.4, -0.2) is 11.1 Å². The van der Waals surface area contributed by atoms with Crippen LogP contribution in [0.1, 0.15) is 37.8 Å². The molecule has 0 atom stereocenters. The summed E-state index contributed by atoms with van der Waals surface area (Å²) in [7, 11) is 0. The van der Waals surface area contributed by atoms with Gasteiger partial charge in [0.25, 0.3) is 6.43 Å². The summed E-state index contributed by atoms with van der Waals surface area (Å²) >= 11 is 3.08. The van der Waals surface area contributed by atoms with E-state index >= 15 is 0 Å². The molecule has 0 unspecified atom stereocenters. The van der Waals surface area contributed by atoms with Gasteiger partial charge >= 0.3 is 5.97 Å². The monoisotopic (exact) mass is 306 g/mol. The van der Waals surface area contributed by atoms with Gasteiger partial charge in [-0.15, -0.1) is 0 Å². The molecule has 0 fully saturated rings. The Kier molecular flexibility index (Phi) is 4.25. The van der Waals surface area contributed by atoms with Gasteiger partial charge in [0.05, 0.1) is 6.42 Å². The first-order chi connectivity index (χ1) is 7.74. The Labute approximate surface area is 107 Å². The van der Waals surface area contributed by atoms with Gasteiger partial charge in [-0.25, -0.2) is 8.78 Å². The van der Waals surface area contributed by atoms with Gasteiger partial charge in [-0.2, -0.15) is 0 Å². The van der Waals surface area contributed by atoms with E-state index in [-0.39, 0.29) is 12.0 Å². The molecule has 94 valence electrons. The number of aliphatic carboxylic acids is 1. The molecule has 1 aromatic carbocycles. The summed E-state index contributed by atoms with van der Waals surface area (Å²) < 4.78 is 25.4. The second-order valence-corrected chi connectivity index (χ2v) is 5.35. The van der Waals surface area contributed by atoms with Crippen molar-refractivity contribution in [1.82, 2.24) is 0 Å². The van der Waals surface area contributed by atoms with E-state index in [0.717, 1.165) is 5.56 Å². The zero-order valence-corrected chi connectivity index (χ0v) is 11.1. The first-order valence-corrected chi connectivity index (χ1v) is 5.83. The van der Waals surface area contributed by atoms with Crippen LogP contribution in [-0.2, 0) is 10.2 Å². The largest absolute Gasteiger partial charge is 0.481 e. The Hall–Kier alpha value is -0.970. The van der Waals surface area contributed by atoms with Crippen LogP contribution in [0.4, 0.5) is 8.78 Å². The Bertz CT molecular complexity index is 431. The molecule has 0 saturated carbocycles. The molecular weight excluding hydrogens is 294 g/mol. The number of carboxylic acids is 1. The molecule has 0 aliphatic rings. The van der Waals surface area contributed by atoms with Gasteiger partial charge in [-0.3, -0.25) is 4.79 Å². The molecule has 1 aromatic rings. The maximum atomic E-state index is 12.5. The molecule has 1 rings (SSSR count). The predicted octanol–water partition coefficient (Wildman–Crippen LogP) is 4.14. The van der Waals surface area contributed by atoms with Crippen LogP contribution in [0.5, 0.6) is 0 Å². The fourth-order valence-electron chi connectivity index (χ4n) is 1.61. The molecule has 2 nitrogen and oxygen atoms in total. The van der Waals surface area contributed by atoms with Crippen molar-refractivity contribution < 1.29 is 18.7 Å². The average Bonchev–Trinajstić information content (AvgIpc) is 2.14. The van der Waals surface area contributed by atoms with Gasteiger partial charge in [-0.1, -0.05) is 41.9 Å². The highest BCUT2D eigenvalue weighted by molar-refractivity contribution is 9.10. The van der Waals surface area contributed by atoms with E-state index in [1.807, 2.05) is 0 Å². The molecule has 17 heavy (non-hydrogen) atoms. The Morgan fingerprint density at radius 3 is 2.47 bits per heavy atom. The van der Waals surface area contributed by atoms with Crippen LogP contribution < -0.4 is 0 Å². The van der Waals surface area contributed by atoms with E-state index < -0.39 is 17.8 Å². The minimum absolute atomic E-state index is 0.0481. The van der Waals surface area contributed by atoms with Crippen LogP contribution >= 0.6 is 15.9 Å². The number of carbonyl (C=O) groups is 1. The van der Waals surface area contributed by atoms with Crippen LogP contribution in [0, 0.1) is 0 Å². The van der Waals surface area contributed by atoms with Crippen molar-refractivity contribution in [2.75, 3.05) is 0 Å². The Morgan fingerprint density at radius 2 is 2.06 bits per heavy atom. The zero-order valence-electron chi connectivity index (χ0n) is 9.51. The van der Waals surface area contributed by atoms with Crippen LogP contribution in [0.25, 0.3) is 0 Å². The SMILES string of the molecule is CC(C)(CC(=O)O)c1ccc(C(F)F)c(Br)c1. The molecular formula is C12H13BrF2O2. The normalized spacial score (nSPS) is 11.9. The number of hydrogen-bond acceptors (Lipinski definition) is 1. The highest BCUT2D eigenvalue weighted by Crippen LogP contribution is 2.33. The van der Waals surface area contributed by atoms with Crippen molar-refractivity contribution in [1.29, 1.82) is 0 Å². The second kappa shape index (κ2) is 5.12. The van der Waals surface area contributed by atoms with Crippen molar-refractivity contribution in [3.05, 3.63) is 33.8 Å². The highest BCUT2D eigenvalue weighted by Gasteiger charge is 2.25. The van der Waals surface area contributed by atoms with Gasteiger partial charge in [0.15, 0.2) is 0 Å². The molecule has 0 saturated heterocycles. The fraction of sp³-hybridized carbons (Fsp3) is 0.417. The summed E-state index contributed by atoms with van der Waals surface area (Å²) in [6, 6.07) is 4.44. The minimum Gasteiger partial charge on any atom is -0.481 e. The summed E-state index contributed by atoms with van der Waals surface area (Å²) in [6.45, 7) is 3.54. The van der Waals surface area contributed by atoms with E-state index in [2.05, 4.69) is 15.9 Å². The van der Waals surface area contributed by atoms with Gasteiger partial charge in [-0.05, 0) is 11.6 Å². The third-order valence-electron chi connectivity index (χ3n) is 2.61. The number of rotatable bonds is 4. The van der Waals surface area contributed by atoms with Crippen molar-refractivity contribution in [3.8, 4) is 0 Å². The number of halogens is 3. The lowest BCUT2D eigenvalue weighted by molar-refractivity contribution is -0.138. The molecule has 0 spiro atoms. The highest BCUT2D eigenvalue weighted by atomic mass is 79.9. The average molecular weight is 307 g/mol. The maximum absolute atomic E-state index is 12.5. The molecule has 0 radical (unpaired) electrons. The lowest BCUT2D eigenvalue weighted by atomic mass is 9.81. The number of benzene rings is 1. The summed E-state index contributed by atoms with van der Waals surface area (Å²) in [4.78, 5) is 10.7. The first kappa shape index (κ1) is 14.1. The van der Waals surface area contributed by atoms with Gasteiger partial charge in [0, 0.05) is 15.5 Å². The maximum Gasteiger partial charge on any atom is 0.304 e. The van der Waals surface area contributed by atoms with Gasteiger partial charge < -0.3 is 5.11 Å². The van der Waals surface area contributed by atoms with E-state index in [1.165, 1.54) is 6.07 Å². The second-order valence-electron chi connectivity index (χ2n) is 4.49. The van der Waals surface area contributed by atoms with Crippen molar-refractivity contribution in [3.63, 3.8) is 0 Å². The third-order valence-corrected chi connectivity index (χ3v) is 3.30. The van der Waals surface area contributed by atoms with Crippen molar-refractivity contribution >= 4 is 21.9 Å². The van der Waals surface area contributed by atoms with Crippen LogP contribution in [0.3, 0.4) is 0 Å². The molecule has 0 aromatic heterocycles. The topological polar surface area (TPSA) is 37.3 Å². The molecule has 5 heteroatoms. The number of alkyl halides is 2. The van der Waals surface area contributed by atoms with Crippen LogP contribution in [0.2, 0.25) is 0 Å². The van der Waals surface area contributed by atoms with Crippen LogP contribution in [0.15, 0.2) is 22.7 Å². The lowest BCUT2D eigenvalue weighted by Gasteiger charge is -2.23. The van der Waals surface area contributed by atoms with E-state index in [9.17, 15) is 13.6 Å². The molecule has 0 amide bonds. The lowest BCUT2D eigenvalue weighted by Crippen LogP contribution is -2.21. The quantitative estimate of drug-likeness (QED) is 0.907. The molecule has 1 N–H and O–H groups in total. The standard InChI is InChI=1S/C12H13BrF2O2/c1-12(2,6-10(16)17)7-3-4-8(11(14)15)9(13)5-7/h3-5,11H,6H2,1-2H3,(H,16,17). The Morgan fingerprint density at radius 1 is 1.47 bits per heavy atom. The first-order valence-electron chi connectivity index (χ1n) is 5.04. The summed E-state index contributed by atoms with van der Waals surface area (Å²) in [6.07, 6.45) is -2.59. The van der Waals surface area contributed by atoms with E-state index in [0.29, 0.717) is 4.47 Å². The van der Waals surface area contributed by atoms with Gasteiger partial charge in [0.1, 0.15) is 0 Å². The Balaban J connectivity index is 3.08. The van der Waals surface area contributed by atoms with Crippen molar-refractivity contribution in [2.24, 2.45) is 0 Å². The molecule has 0 bridgehead atoms.